The summed E-state index contributed by atoms with van der Waals surface area (Å²) < 4.78 is 84.5. The Morgan fingerprint density at radius 1 is 0.929 bits per heavy atom. The fourth-order valence-electron chi connectivity index (χ4n) is 2.92. The third kappa shape index (κ3) is 5.51. The molecular weight excluding hydrogens is 400 g/mol. The van der Waals surface area contributed by atoms with E-state index in [9.17, 15) is 26.3 Å². The van der Waals surface area contributed by atoms with Gasteiger partial charge in [-0.3, -0.25) is 0 Å². The van der Waals surface area contributed by atoms with Gasteiger partial charge in [-0.25, -0.2) is 0 Å². The number of halogens is 6. The van der Waals surface area contributed by atoms with Gasteiger partial charge in [0, 0.05) is 18.7 Å². The zero-order chi connectivity index (χ0) is 21.5. The van der Waals surface area contributed by atoms with Crippen molar-refractivity contribution in [2.45, 2.75) is 76.2 Å². The molecule has 1 aliphatic rings. The van der Waals surface area contributed by atoms with Crippen molar-refractivity contribution >= 4 is 8.32 Å². The normalized spacial score (nSPS) is 22.0. The van der Waals surface area contributed by atoms with E-state index in [0.29, 0.717) is 19.4 Å². The fourth-order valence-corrected chi connectivity index (χ4v) is 3.97. The fraction of sp³-hybridized carbons (Fsp3) is 0.684. The summed E-state index contributed by atoms with van der Waals surface area (Å²) in [6.45, 7) is 10.9. The summed E-state index contributed by atoms with van der Waals surface area (Å²) in [4.78, 5) is 0. The number of benzene rings is 1. The van der Waals surface area contributed by atoms with E-state index in [0.717, 1.165) is 12.1 Å². The van der Waals surface area contributed by atoms with Crippen LogP contribution in [0.1, 0.15) is 56.3 Å². The predicted octanol–water partition coefficient (Wildman–Crippen LogP) is 6.54. The summed E-state index contributed by atoms with van der Waals surface area (Å²) >= 11 is 0. The summed E-state index contributed by atoms with van der Waals surface area (Å²) in [5.74, 6) is 0. The minimum absolute atomic E-state index is 0.0111. The van der Waals surface area contributed by atoms with Crippen LogP contribution in [0.5, 0.6) is 0 Å². The molecule has 0 saturated carbocycles. The van der Waals surface area contributed by atoms with Gasteiger partial charge in [0.2, 0.25) is 0 Å². The van der Waals surface area contributed by atoms with Gasteiger partial charge in [0.1, 0.15) is 0 Å². The second kappa shape index (κ2) is 7.64. The SMILES string of the molecule is CC(C)(C)[Si](C)(C)OCC1CCC(c2cc(C(F)(F)F)cc(C(F)(F)F)c2)N1. The molecule has 1 aromatic rings. The van der Waals surface area contributed by atoms with Gasteiger partial charge in [-0.05, 0) is 54.7 Å². The van der Waals surface area contributed by atoms with E-state index in [1.807, 2.05) is 0 Å². The van der Waals surface area contributed by atoms with Gasteiger partial charge in [0.15, 0.2) is 8.32 Å². The smallest absolute Gasteiger partial charge is 0.415 e. The van der Waals surface area contributed by atoms with Gasteiger partial charge >= 0.3 is 12.4 Å². The standard InChI is InChI=1S/C19H27F6NOSi/c1-17(2,3)28(4,5)27-11-15-6-7-16(26-15)12-8-13(18(20,21)22)10-14(9-12)19(23,24)25/h8-10,15-16,26H,6-7,11H2,1-5H3. The van der Waals surface area contributed by atoms with Crippen LogP contribution in [0.15, 0.2) is 18.2 Å². The van der Waals surface area contributed by atoms with Crippen molar-refractivity contribution in [3.63, 3.8) is 0 Å². The van der Waals surface area contributed by atoms with Crippen molar-refractivity contribution in [2.24, 2.45) is 0 Å². The van der Waals surface area contributed by atoms with Crippen molar-refractivity contribution < 1.29 is 30.8 Å². The molecule has 1 aliphatic heterocycles. The molecule has 0 amide bonds. The number of hydrogen-bond acceptors (Lipinski definition) is 2. The summed E-state index contributed by atoms with van der Waals surface area (Å²) in [6, 6.07) is 1.13. The molecule has 0 aliphatic carbocycles. The summed E-state index contributed by atoms with van der Waals surface area (Å²) in [5, 5.41) is 3.17. The van der Waals surface area contributed by atoms with Crippen LogP contribution in [0, 0.1) is 0 Å². The summed E-state index contributed by atoms with van der Waals surface area (Å²) in [6.07, 6.45) is -8.57. The maximum Gasteiger partial charge on any atom is 0.416 e. The van der Waals surface area contributed by atoms with E-state index in [4.69, 9.17) is 4.43 Å². The summed E-state index contributed by atoms with van der Waals surface area (Å²) in [5.41, 5.74) is -2.54. The predicted molar refractivity (Wildman–Crippen MR) is 98.5 cm³/mol. The zero-order valence-electron chi connectivity index (χ0n) is 16.7. The lowest BCUT2D eigenvalue weighted by atomic mass is 9.98. The first-order valence-electron chi connectivity index (χ1n) is 9.20. The van der Waals surface area contributed by atoms with Gasteiger partial charge in [0.25, 0.3) is 0 Å². The van der Waals surface area contributed by atoms with Crippen LogP contribution >= 0.6 is 0 Å². The van der Waals surface area contributed by atoms with Crippen LogP contribution < -0.4 is 5.32 Å². The lowest BCUT2D eigenvalue weighted by Gasteiger charge is -2.37. The molecule has 2 nitrogen and oxygen atoms in total. The lowest BCUT2D eigenvalue weighted by molar-refractivity contribution is -0.143. The average molecular weight is 428 g/mol. The van der Waals surface area contributed by atoms with Gasteiger partial charge < -0.3 is 9.74 Å². The first-order valence-corrected chi connectivity index (χ1v) is 12.1. The molecule has 9 heteroatoms. The quantitative estimate of drug-likeness (QED) is 0.435. The number of alkyl halides is 6. The number of hydrogen-bond donors (Lipinski definition) is 1. The van der Waals surface area contributed by atoms with Crippen LogP contribution in [0.4, 0.5) is 26.3 Å². The molecule has 0 bridgehead atoms. The van der Waals surface area contributed by atoms with Gasteiger partial charge in [-0.2, -0.15) is 26.3 Å². The van der Waals surface area contributed by atoms with Crippen LogP contribution in [0.2, 0.25) is 18.1 Å². The van der Waals surface area contributed by atoms with Crippen LogP contribution in [0.3, 0.4) is 0 Å². The topological polar surface area (TPSA) is 21.3 Å². The van der Waals surface area contributed by atoms with Crippen LogP contribution in [-0.4, -0.2) is 21.0 Å². The third-order valence-corrected chi connectivity index (χ3v) is 10.2. The molecule has 160 valence electrons. The molecule has 0 radical (unpaired) electrons. The van der Waals surface area contributed by atoms with Crippen molar-refractivity contribution in [3.8, 4) is 0 Å². The maximum atomic E-state index is 13.1. The Morgan fingerprint density at radius 2 is 1.43 bits per heavy atom. The summed E-state index contributed by atoms with van der Waals surface area (Å²) in [7, 11) is -1.98. The molecule has 28 heavy (non-hydrogen) atoms. The zero-order valence-corrected chi connectivity index (χ0v) is 17.7. The maximum absolute atomic E-state index is 13.1. The monoisotopic (exact) mass is 427 g/mol. The van der Waals surface area contributed by atoms with E-state index in [1.54, 1.807) is 0 Å². The number of nitrogens with one attached hydrogen (secondary N) is 1. The molecule has 1 N–H and O–H groups in total. The Hall–Kier alpha value is -1.06. The van der Waals surface area contributed by atoms with Crippen molar-refractivity contribution in [1.82, 2.24) is 5.32 Å². The van der Waals surface area contributed by atoms with E-state index in [1.165, 1.54) is 0 Å². The van der Waals surface area contributed by atoms with E-state index in [-0.39, 0.29) is 22.7 Å². The van der Waals surface area contributed by atoms with Gasteiger partial charge in [-0.15, -0.1) is 0 Å². The molecule has 2 unspecified atom stereocenters. The first kappa shape index (κ1) is 23.2. The van der Waals surface area contributed by atoms with E-state index in [2.05, 4.69) is 39.2 Å². The van der Waals surface area contributed by atoms with Crippen molar-refractivity contribution in [2.75, 3.05) is 6.61 Å². The highest BCUT2D eigenvalue weighted by Gasteiger charge is 2.40. The van der Waals surface area contributed by atoms with E-state index < -0.39 is 37.8 Å². The van der Waals surface area contributed by atoms with Crippen molar-refractivity contribution in [1.29, 1.82) is 0 Å². The highest BCUT2D eigenvalue weighted by molar-refractivity contribution is 6.74. The van der Waals surface area contributed by atoms with Gasteiger partial charge in [0.05, 0.1) is 11.1 Å². The number of rotatable bonds is 4. The Bertz CT molecular complexity index is 661. The molecule has 1 aromatic carbocycles. The Kier molecular flexibility index (Phi) is 6.34. The van der Waals surface area contributed by atoms with Gasteiger partial charge in [-0.1, -0.05) is 20.8 Å². The highest BCUT2D eigenvalue weighted by Crippen LogP contribution is 2.40. The lowest BCUT2D eigenvalue weighted by Crippen LogP contribution is -2.44. The molecule has 1 fully saturated rings. The van der Waals surface area contributed by atoms with Crippen molar-refractivity contribution in [3.05, 3.63) is 34.9 Å². The Balaban J connectivity index is 2.16. The molecule has 0 spiro atoms. The average Bonchev–Trinajstić information content (AvgIpc) is 2.99. The molecular formula is C19H27F6NOSi. The van der Waals surface area contributed by atoms with E-state index >= 15 is 0 Å². The Labute approximate surface area is 162 Å². The first-order chi connectivity index (χ1) is 12.5. The molecule has 2 rings (SSSR count). The third-order valence-electron chi connectivity index (χ3n) is 5.70. The highest BCUT2D eigenvalue weighted by atomic mass is 28.4. The molecule has 1 heterocycles. The minimum Gasteiger partial charge on any atom is -0.415 e. The second-order valence-corrected chi connectivity index (χ2v) is 13.7. The molecule has 1 saturated heterocycles. The molecule has 2 atom stereocenters. The van der Waals surface area contributed by atoms with Crippen LogP contribution in [0.25, 0.3) is 0 Å². The largest absolute Gasteiger partial charge is 0.416 e. The minimum atomic E-state index is -4.83. The van der Waals surface area contributed by atoms with Crippen LogP contribution in [-0.2, 0) is 16.8 Å². The molecule has 0 aromatic heterocycles. The second-order valence-electron chi connectivity index (χ2n) is 8.90. The Morgan fingerprint density at radius 3 is 1.86 bits per heavy atom.